The maximum Gasteiger partial charge on any atom is 0.352 e. The summed E-state index contributed by atoms with van der Waals surface area (Å²) in [7, 11) is 0. The molecule has 1 aliphatic rings. The molecule has 1 atom stereocenters. The molecule has 5 rings (SSSR count). The summed E-state index contributed by atoms with van der Waals surface area (Å²) in [6.07, 6.45) is 6.82. The lowest BCUT2D eigenvalue weighted by Gasteiger charge is -2.17. The molecule has 0 unspecified atom stereocenters. The second-order valence-corrected chi connectivity index (χ2v) is 8.24. The highest BCUT2D eigenvalue weighted by atomic mass is 32.1. The molecule has 7 heteroatoms. The monoisotopic (exact) mass is 365 g/mol. The highest BCUT2D eigenvalue weighted by Gasteiger charge is 2.25. The Balaban J connectivity index is 1.76. The van der Waals surface area contributed by atoms with E-state index < -0.39 is 0 Å². The van der Waals surface area contributed by atoms with Crippen LogP contribution in [0.3, 0.4) is 0 Å². The minimum atomic E-state index is -0.139. The first kappa shape index (κ1) is 15.7. The van der Waals surface area contributed by atoms with E-state index in [9.17, 15) is 4.79 Å². The van der Waals surface area contributed by atoms with Crippen molar-refractivity contribution in [3.8, 4) is 0 Å². The summed E-state index contributed by atoms with van der Waals surface area (Å²) in [5.74, 6) is 1.40. The number of hydrogen-bond donors (Lipinski definition) is 0. The van der Waals surface area contributed by atoms with Gasteiger partial charge in [-0.1, -0.05) is 13.0 Å². The van der Waals surface area contributed by atoms with Gasteiger partial charge in [0.2, 0.25) is 0 Å². The molecule has 0 spiro atoms. The zero-order chi connectivity index (χ0) is 17.8. The van der Waals surface area contributed by atoms with Crippen LogP contribution in [0.5, 0.6) is 0 Å². The maximum atomic E-state index is 12.9. The third-order valence-electron chi connectivity index (χ3n) is 5.20. The summed E-state index contributed by atoms with van der Waals surface area (Å²) in [6.45, 7) is 4.60. The van der Waals surface area contributed by atoms with Gasteiger partial charge in [0.25, 0.3) is 0 Å². The Labute approximate surface area is 154 Å². The van der Waals surface area contributed by atoms with Crippen molar-refractivity contribution < 1.29 is 0 Å². The van der Waals surface area contributed by atoms with Gasteiger partial charge in [-0.3, -0.25) is 4.98 Å². The lowest BCUT2D eigenvalue weighted by molar-refractivity contribution is 0.509. The second-order valence-electron chi connectivity index (χ2n) is 7.15. The minimum Gasteiger partial charge on any atom is -0.264 e. The standard InChI is InChI=1S/C19H19N5OS/c1-11-5-6-14-15(8-11)26-18-16(14)17-22-23(10-13-4-3-7-20-9-13)19(25)24(17)12(2)21-18/h3-4,7,9,11H,5-6,8,10H2,1-2H3/t11-/m0/s1. The molecule has 0 aliphatic heterocycles. The van der Waals surface area contributed by atoms with E-state index in [0.29, 0.717) is 18.3 Å². The molecule has 0 aromatic carbocycles. The number of aryl methyl sites for hydroxylation is 2. The normalized spacial score (nSPS) is 17.1. The van der Waals surface area contributed by atoms with Crippen LogP contribution >= 0.6 is 11.3 Å². The van der Waals surface area contributed by atoms with Gasteiger partial charge in [0.1, 0.15) is 10.7 Å². The largest absolute Gasteiger partial charge is 0.352 e. The van der Waals surface area contributed by atoms with E-state index in [1.165, 1.54) is 21.5 Å². The molecule has 0 fully saturated rings. The van der Waals surface area contributed by atoms with Crippen LogP contribution in [0, 0.1) is 12.8 Å². The Hall–Kier alpha value is -2.54. The number of pyridine rings is 1. The number of hydrogen-bond acceptors (Lipinski definition) is 5. The molecule has 0 amide bonds. The van der Waals surface area contributed by atoms with Crippen LogP contribution in [0.1, 0.15) is 35.2 Å². The Bertz CT molecular complexity index is 1190. The lowest BCUT2D eigenvalue weighted by Crippen LogP contribution is -2.23. The Morgan fingerprint density at radius 2 is 2.27 bits per heavy atom. The lowest BCUT2D eigenvalue weighted by atomic mass is 9.89. The number of nitrogens with zero attached hydrogens (tertiary/aromatic N) is 5. The highest BCUT2D eigenvalue weighted by molar-refractivity contribution is 7.19. The first-order valence-electron chi connectivity index (χ1n) is 8.91. The first-order valence-corrected chi connectivity index (χ1v) is 9.73. The van der Waals surface area contributed by atoms with Crippen LogP contribution < -0.4 is 5.69 Å². The third kappa shape index (κ3) is 2.30. The van der Waals surface area contributed by atoms with E-state index in [-0.39, 0.29) is 5.69 Å². The number of thiophene rings is 1. The summed E-state index contributed by atoms with van der Waals surface area (Å²) < 4.78 is 3.18. The molecule has 132 valence electrons. The molecule has 6 nitrogen and oxygen atoms in total. The summed E-state index contributed by atoms with van der Waals surface area (Å²) in [5, 5.41) is 5.78. The van der Waals surface area contributed by atoms with Crippen LogP contribution in [0.4, 0.5) is 0 Å². The van der Waals surface area contributed by atoms with Crippen molar-refractivity contribution in [3.05, 3.63) is 56.8 Å². The predicted molar refractivity (Wildman–Crippen MR) is 102 cm³/mol. The van der Waals surface area contributed by atoms with Crippen LogP contribution in [-0.4, -0.2) is 24.1 Å². The van der Waals surface area contributed by atoms with Crippen molar-refractivity contribution >= 4 is 27.2 Å². The molecule has 0 saturated carbocycles. The van der Waals surface area contributed by atoms with E-state index >= 15 is 0 Å². The average molecular weight is 365 g/mol. The zero-order valence-electron chi connectivity index (χ0n) is 14.8. The molecule has 4 aromatic heterocycles. The molecule has 0 radical (unpaired) electrons. The number of rotatable bonds is 2. The van der Waals surface area contributed by atoms with E-state index in [1.807, 2.05) is 19.1 Å². The Morgan fingerprint density at radius 1 is 1.38 bits per heavy atom. The van der Waals surface area contributed by atoms with Gasteiger partial charge in [0.15, 0.2) is 5.65 Å². The summed E-state index contributed by atoms with van der Waals surface area (Å²) >= 11 is 1.77. The molecule has 26 heavy (non-hydrogen) atoms. The number of aromatic nitrogens is 5. The smallest absolute Gasteiger partial charge is 0.264 e. The summed E-state index contributed by atoms with van der Waals surface area (Å²) in [5.41, 5.74) is 2.91. The average Bonchev–Trinajstić information content (AvgIpc) is 3.13. The van der Waals surface area contributed by atoms with Crippen molar-refractivity contribution in [1.82, 2.24) is 24.1 Å². The van der Waals surface area contributed by atoms with E-state index in [2.05, 4.69) is 11.9 Å². The van der Waals surface area contributed by atoms with Crippen LogP contribution in [0.25, 0.3) is 15.9 Å². The fraction of sp³-hybridized carbons (Fsp3) is 0.368. The zero-order valence-corrected chi connectivity index (χ0v) is 15.6. The van der Waals surface area contributed by atoms with E-state index in [1.54, 1.807) is 28.1 Å². The molecular formula is C19H19N5OS. The van der Waals surface area contributed by atoms with Crippen LogP contribution in [-0.2, 0) is 19.4 Å². The molecule has 4 aromatic rings. The molecule has 4 heterocycles. The predicted octanol–water partition coefficient (Wildman–Crippen LogP) is 2.98. The fourth-order valence-corrected chi connectivity index (χ4v) is 5.29. The molecular weight excluding hydrogens is 346 g/mol. The maximum absolute atomic E-state index is 12.9. The van der Waals surface area contributed by atoms with E-state index in [4.69, 9.17) is 10.1 Å². The van der Waals surface area contributed by atoms with Gasteiger partial charge in [-0.2, -0.15) is 0 Å². The second kappa shape index (κ2) is 5.74. The van der Waals surface area contributed by atoms with Crippen LogP contribution in [0.2, 0.25) is 0 Å². The van der Waals surface area contributed by atoms with Gasteiger partial charge >= 0.3 is 5.69 Å². The molecule has 1 aliphatic carbocycles. The van der Waals surface area contributed by atoms with Crippen molar-refractivity contribution in [2.75, 3.05) is 0 Å². The minimum absolute atomic E-state index is 0.139. The van der Waals surface area contributed by atoms with Gasteiger partial charge in [-0.15, -0.1) is 16.4 Å². The molecule has 0 bridgehead atoms. The van der Waals surface area contributed by atoms with Crippen LogP contribution in [0.15, 0.2) is 29.3 Å². The van der Waals surface area contributed by atoms with Gasteiger partial charge in [-0.25, -0.2) is 18.9 Å². The summed E-state index contributed by atoms with van der Waals surface area (Å²) in [4.78, 5) is 24.2. The SMILES string of the molecule is Cc1nc2sc3c(c2c2nn(Cc4cccnc4)c(=O)n12)CC[C@H](C)C3. The number of fused-ring (bicyclic) bond motifs is 5. The molecule has 0 saturated heterocycles. The van der Waals surface area contributed by atoms with Crippen molar-refractivity contribution in [1.29, 1.82) is 0 Å². The summed E-state index contributed by atoms with van der Waals surface area (Å²) in [6, 6.07) is 3.83. The van der Waals surface area contributed by atoms with E-state index in [0.717, 1.165) is 34.3 Å². The van der Waals surface area contributed by atoms with Gasteiger partial charge < -0.3 is 0 Å². The van der Waals surface area contributed by atoms with Gasteiger partial charge in [-0.05, 0) is 49.3 Å². The van der Waals surface area contributed by atoms with Crippen molar-refractivity contribution in [3.63, 3.8) is 0 Å². The first-order chi connectivity index (χ1) is 12.6. The quantitative estimate of drug-likeness (QED) is 0.548. The van der Waals surface area contributed by atoms with Gasteiger partial charge in [0.05, 0.1) is 11.9 Å². The highest BCUT2D eigenvalue weighted by Crippen LogP contribution is 2.38. The van der Waals surface area contributed by atoms with Crippen molar-refractivity contribution in [2.45, 2.75) is 39.7 Å². The molecule has 0 N–H and O–H groups in total. The van der Waals surface area contributed by atoms with Crippen molar-refractivity contribution in [2.24, 2.45) is 5.92 Å². The van der Waals surface area contributed by atoms with Gasteiger partial charge in [0, 0.05) is 17.3 Å². The fourth-order valence-electron chi connectivity index (χ4n) is 3.87. The Morgan fingerprint density at radius 3 is 3.08 bits per heavy atom. The topological polar surface area (TPSA) is 65.1 Å². The Kier molecular flexibility index (Phi) is 3.46. The third-order valence-corrected chi connectivity index (χ3v) is 6.35.